The lowest BCUT2D eigenvalue weighted by atomic mass is 9.83. The van der Waals surface area contributed by atoms with Gasteiger partial charge in [-0.3, -0.25) is 0 Å². The van der Waals surface area contributed by atoms with Crippen LogP contribution in [-0.4, -0.2) is 59.6 Å². The maximum absolute atomic E-state index is 13.9. The van der Waals surface area contributed by atoms with Crippen molar-refractivity contribution in [3.8, 4) is 0 Å². The van der Waals surface area contributed by atoms with Gasteiger partial charge in [0.15, 0.2) is 11.4 Å². The van der Waals surface area contributed by atoms with E-state index in [2.05, 4.69) is 0 Å². The molecule has 176 valence electrons. The fourth-order valence-electron chi connectivity index (χ4n) is 1.99. The molecule has 0 aromatic carbocycles. The minimum Gasteiger partial charge on any atom is -0.216 e. The highest BCUT2D eigenvalue weighted by Crippen LogP contribution is 2.56. The predicted octanol–water partition coefficient (Wildman–Crippen LogP) is 5.73. The van der Waals surface area contributed by atoms with Gasteiger partial charge in [-0.1, -0.05) is 0 Å². The van der Waals surface area contributed by atoms with Crippen LogP contribution < -0.4 is 0 Å². The van der Waals surface area contributed by atoms with Gasteiger partial charge in [0.2, 0.25) is 0 Å². The van der Waals surface area contributed by atoms with E-state index in [-0.39, 0.29) is 0 Å². The number of rotatable bonds is 2. The van der Waals surface area contributed by atoms with Gasteiger partial charge < -0.3 is 0 Å². The molecular formula is C10F18N2. The molecule has 0 saturated heterocycles. The van der Waals surface area contributed by atoms with Crippen molar-refractivity contribution in [1.82, 2.24) is 0 Å². The average Bonchev–Trinajstić information content (AvgIpc) is 2.43. The summed E-state index contributed by atoms with van der Waals surface area (Å²) in [5.41, 5.74) is -25.3. The molecule has 0 bridgehead atoms. The third kappa shape index (κ3) is 3.54. The molecule has 1 aliphatic rings. The number of nitrogens with zero attached hydrogens (tertiary/aromatic N) is 2. The molecule has 0 amide bonds. The number of alkyl halides is 18. The largest absolute Gasteiger partial charge is 0.449 e. The van der Waals surface area contributed by atoms with Crippen molar-refractivity contribution in [1.29, 1.82) is 0 Å². The molecule has 0 aromatic rings. The predicted molar refractivity (Wildman–Crippen MR) is 56.7 cm³/mol. The normalized spacial score (nSPS) is 21.3. The molecule has 0 unspecified atom stereocenters. The van der Waals surface area contributed by atoms with E-state index >= 15 is 0 Å². The lowest BCUT2D eigenvalue weighted by molar-refractivity contribution is -0.320. The zero-order chi connectivity index (χ0) is 24.6. The van der Waals surface area contributed by atoms with Crippen LogP contribution in [0.15, 0.2) is 9.98 Å². The Balaban J connectivity index is 4.09. The Labute approximate surface area is 150 Å². The standard InChI is InChI=1S/C10F18N2/c11-3(12)1(4(13,6(15,16)17)7(18,19)20)29-10(27,28)30-2(3)5(14,8(21,22)23)9(24,25)26. The summed E-state index contributed by atoms with van der Waals surface area (Å²) < 4.78 is 232. The van der Waals surface area contributed by atoms with E-state index in [0.29, 0.717) is 9.98 Å². The molecule has 1 heterocycles. The van der Waals surface area contributed by atoms with Crippen molar-refractivity contribution in [2.24, 2.45) is 9.98 Å². The van der Waals surface area contributed by atoms with E-state index in [1.807, 2.05) is 0 Å². The number of aliphatic imine (C=N–C) groups is 2. The molecule has 0 aromatic heterocycles. The minimum absolute atomic E-state index is 0.629. The lowest BCUT2D eigenvalue weighted by Gasteiger charge is -2.40. The van der Waals surface area contributed by atoms with Gasteiger partial charge in [-0.25, -0.2) is 8.78 Å². The second-order valence-corrected chi connectivity index (χ2v) is 5.31. The maximum Gasteiger partial charge on any atom is 0.449 e. The SMILES string of the molecule is FC1(F)N=C(C(F)(C(F)(F)F)C(F)(F)F)C(F)(F)C(C(F)(C(F)(F)F)C(F)(F)F)=N1. The summed E-state index contributed by atoms with van der Waals surface area (Å²) in [4.78, 5) is 1.26. The van der Waals surface area contributed by atoms with E-state index in [1.165, 1.54) is 0 Å². The molecule has 1 aliphatic heterocycles. The van der Waals surface area contributed by atoms with Crippen LogP contribution >= 0.6 is 0 Å². The molecule has 0 aliphatic carbocycles. The zero-order valence-corrected chi connectivity index (χ0v) is 12.7. The van der Waals surface area contributed by atoms with Crippen LogP contribution in [0.4, 0.5) is 79.0 Å². The van der Waals surface area contributed by atoms with E-state index in [9.17, 15) is 79.0 Å². The van der Waals surface area contributed by atoms with Crippen LogP contribution in [0.3, 0.4) is 0 Å². The molecule has 0 radical (unpaired) electrons. The molecule has 20 heteroatoms. The van der Waals surface area contributed by atoms with Gasteiger partial charge in [0.05, 0.1) is 0 Å². The zero-order valence-electron chi connectivity index (χ0n) is 12.7. The second-order valence-electron chi connectivity index (χ2n) is 5.31. The summed E-state index contributed by atoms with van der Waals surface area (Å²) in [6.07, 6.45) is -37.4. The van der Waals surface area contributed by atoms with Crippen molar-refractivity contribution in [2.45, 2.75) is 48.1 Å². The summed E-state index contributed by atoms with van der Waals surface area (Å²) in [5.74, 6) is -7.35. The third-order valence-electron chi connectivity index (χ3n) is 3.30. The van der Waals surface area contributed by atoms with Gasteiger partial charge in [-0.05, 0) is 0 Å². The summed E-state index contributed by atoms with van der Waals surface area (Å²) in [6, 6.07) is 0. The molecule has 0 saturated carbocycles. The van der Waals surface area contributed by atoms with E-state index in [0.717, 1.165) is 0 Å². The Hall–Kier alpha value is -1.92. The number of hydrogen-bond acceptors (Lipinski definition) is 2. The first-order valence-electron chi connectivity index (χ1n) is 6.30. The molecule has 0 N–H and O–H groups in total. The molecular weight excluding hydrogens is 490 g/mol. The van der Waals surface area contributed by atoms with Crippen LogP contribution in [0.2, 0.25) is 0 Å². The highest BCUT2D eigenvalue weighted by Gasteiger charge is 2.86. The van der Waals surface area contributed by atoms with Crippen LogP contribution in [0.1, 0.15) is 0 Å². The van der Waals surface area contributed by atoms with Gasteiger partial charge in [0, 0.05) is 0 Å². The highest BCUT2D eigenvalue weighted by atomic mass is 19.4. The number of halogens is 18. The van der Waals surface area contributed by atoms with Crippen LogP contribution in [0.5, 0.6) is 0 Å². The third-order valence-corrected chi connectivity index (χ3v) is 3.30. The van der Waals surface area contributed by atoms with Gasteiger partial charge >= 0.3 is 48.1 Å². The summed E-state index contributed by atoms with van der Waals surface area (Å²) in [6.45, 7) is 0. The molecule has 2 nitrogen and oxygen atoms in total. The average molecular weight is 490 g/mol. The van der Waals surface area contributed by atoms with Crippen molar-refractivity contribution in [3.63, 3.8) is 0 Å². The molecule has 0 fully saturated rings. The Kier molecular flexibility index (Phi) is 5.48. The van der Waals surface area contributed by atoms with Gasteiger partial charge in [0.1, 0.15) is 0 Å². The summed E-state index contributed by atoms with van der Waals surface area (Å²) in [5, 5.41) is 0. The Bertz CT molecular complexity index is 655. The first-order valence-corrected chi connectivity index (χ1v) is 6.30. The van der Waals surface area contributed by atoms with Crippen LogP contribution in [-0.2, 0) is 0 Å². The lowest BCUT2D eigenvalue weighted by Crippen LogP contribution is -2.72. The van der Waals surface area contributed by atoms with Gasteiger partial charge in [0.25, 0.3) is 0 Å². The first kappa shape index (κ1) is 26.1. The first-order chi connectivity index (χ1) is 12.7. The van der Waals surface area contributed by atoms with Crippen molar-refractivity contribution < 1.29 is 79.0 Å². The van der Waals surface area contributed by atoms with Crippen LogP contribution in [0, 0.1) is 0 Å². The van der Waals surface area contributed by atoms with Crippen molar-refractivity contribution >= 4 is 11.4 Å². The summed E-state index contributed by atoms with van der Waals surface area (Å²) in [7, 11) is 0. The topological polar surface area (TPSA) is 24.7 Å². The fraction of sp³-hybridized carbons (Fsp3) is 0.800. The highest BCUT2D eigenvalue weighted by molar-refractivity contribution is 6.21. The molecule has 0 spiro atoms. The Morgan fingerprint density at radius 3 is 0.800 bits per heavy atom. The fourth-order valence-corrected chi connectivity index (χ4v) is 1.99. The van der Waals surface area contributed by atoms with Crippen molar-refractivity contribution in [2.75, 3.05) is 0 Å². The van der Waals surface area contributed by atoms with E-state index in [1.54, 1.807) is 0 Å². The van der Waals surface area contributed by atoms with E-state index in [4.69, 9.17) is 0 Å². The quantitative estimate of drug-likeness (QED) is 0.349. The summed E-state index contributed by atoms with van der Waals surface area (Å²) >= 11 is 0. The maximum atomic E-state index is 13.9. The number of hydrogen-bond donors (Lipinski definition) is 0. The smallest absolute Gasteiger partial charge is 0.216 e. The van der Waals surface area contributed by atoms with Gasteiger partial charge in [-0.2, -0.15) is 80.2 Å². The van der Waals surface area contributed by atoms with Gasteiger partial charge in [-0.15, -0.1) is 0 Å². The monoisotopic (exact) mass is 490 g/mol. The van der Waals surface area contributed by atoms with Crippen molar-refractivity contribution in [3.05, 3.63) is 0 Å². The van der Waals surface area contributed by atoms with E-state index < -0.39 is 59.6 Å². The minimum atomic E-state index is -7.73. The Morgan fingerprint density at radius 1 is 0.433 bits per heavy atom. The second kappa shape index (κ2) is 6.30. The molecule has 1 rings (SSSR count). The molecule has 30 heavy (non-hydrogen) atoms. The molecule has 0 atom stereocenters. The van der Waals surface area contributed by atoms with Crippen LogP contribution in [0.25, 0.3) is 0 Å². The Morgan fingerprint density at radius 2 is 0.633 bits per heavy atom.